The van der Waals surface area contributed by atoms with Crippen molar-refractivity contribution in [2.75, 3.05) is 32.6 Å². The van der Waals surface area contributed by atoms with Gasteiger partial charge in [0.05, 0.1) is 34.7 Å². The molecule has 3 atom stereocenters. The number of carbonyl (C=O) groups is 2. The first-order valence-electron chi connectivity index (χ1n) is 13.1. The number of aryl methyl sites for hydroxylation is 1. The number of methoxy groups -OCH3 is 1. The Kier molecular flexibility index (Phi) is 7.38. The normalized spacial score (nSPS) is 20.1. The highest BCUT2D eigenvalue weighted by Crippen LogP contribution is 2.35. The Morgan fingerprint density at radius 3 is 2.79 bits per heavy atom. The number of benzene rings is 1. The van der Waals surface area contributed by atoms with Crippen LogP contribution in [0.2, 0.25) is 5.02 Å². The molecule has 1 fully saturated rings. The van der Waals surface area contributed by atoms with E-state index in [0.717, 1.165) is 36.1 Å². The van der Waals surface area contributed by atoms with Crippen molar-refractivity contribution in [1.29, 1.82) is 0 Å². The fourth-order valence-electron chi connectivity index (χ4n) is 5.85. The monoisotopic (exact) mass is 549 g/mol. The standard InChI is InChI=1S/C28H32ClN7O3/c1-5-17-8-10-24-32-22-11-16(20(29)13-23(22)35(17)24)7-9-21-26(27(30)38)28(31-3)36(33-21)18-12-19(15-39-4)34(14-18)25(37)6-2/h6,11,13,17-19,31H,2,5,8,10,12,14-15H2,1,3-4H3,(H2,30,38)/t17-,18-,19+/m0/s1. The lowest BCUT2D eigenvalue weighted by molar-refractivity contribution is -0.127. The first kappa shape index (κ1) is 26.8. The molecule has 5 rings (SSSR count). The quantitative estimate of drug-likeness (QED) is 0.345. The number of halogens is 1. The predicted molar refractivity (Wildman–Crippen MR) is 150 cm³/mol. The molecule has 0 spiro atoms. The Hall–Kier alpha value is -3.81. The topological polar surface area (TPSA) is 120 Å². The number of nitrogens with two attached hydrogens (primary N) is 1. The number of rotatable bonds is 7. The number of nitrogens with one attached hydrogen (secondary N) is 1. The Morgan fingerprint density at radius 2 is 2.13 bits per heavy atom. The van der Waals surface area contributed by atoms with Crippen LogP contribution in [0, 0.1) is 11.8 Å². The van der Waals surface area contributed by atoms with Crippen molar-refractivity contribution in [3.63, 3.8) is 0 Å². The van der Waals surface area contributed by atoms with Gasteiger partial charge in [0.15, 0.2) is 5.69 Å². The molecule has 0 saturated carbocycles. The van der Waals surface area contributed by atoms with E-state index in [0.29, 0.717) is 42.0 Å². The average Bonchev–Trinajstić information content (AvgIpc) is 3.68. The molecule has 11 heteroatoms. The molecule has 0 aliphatic carbocycles. The number of anilines is 1. The molecule has 3 N–H and O–H groups in total. The van der Waals surface area contributed by atoms with Gasteiger partial charge in [0.1, 0.15) is 17.2 Å². The molecule has 0 unspecified atom stereocenters. The van der Waals surface area contributed by atoms with Crippen LogP contribution in [0.25, 0.3) is 11.0 Å². The van der Waals surface area contributed by atoms with Crippen molar-refractivity contribution < 1.29 is 14.3 Å². The summed E-state index contributed by atoms with van der Waals surface area (Å²) in [5, 5.41) is 8.24. The minimum Gasteiger partial charge on any atom is -0.383 e. The summed E-state index contributed by atoms with van der Waals surface area (Å²) in [6, 6.07) is 3.85. The fourth-order valence-corrected chi connectivity index (χ4v) is 6.05. The van der Waals surface area contributed by atoms with Crippen molar-refractivity contribution in [3.8, 4) is 11.8 Å². The zero-order valence-corrected chi connectivity index (χ0v) is 23.1. The highest BCUT2D eigenvalue weighted by Gasteiger charge is 2.38. The maximum absolute atomic E-state index is 12.5. The highest BCUT2D eigenvalue weighted by molar-refractivity contribution is 6.32. The molecular formula is C28H32ClN7O3. The van der Waals surface area contributed by atoms with Crippen LogP contribution in [0.3, 0.4) is 0 Å². The number of nitrogens with zero attached hydrogens (tertiary/aromatic N) is 5. The highest BCUT2D eigenvalue weighted by atomic mass is 35.5. The number of ether oxygens (including phenoxy) is 1. The molecular weight excluding hydrogens is 518 g/mol. The van der Waals surface area contributed by atoms with Gasteiger partial charge in [-0.1, -0.05) is 31.0 Å². The summed E-state index contributed by atoms with van der Waals surface area (Å²) in [5.74, 6) is 6.78. The van der Waals surface area contributed by atoms with E-state index in [-0.39, 0.29) is 29.2 Å². The summed E-state index contributed by atoms with van der Waals surface area (Å²) in [5.41, 5.74) is 8.64. The largest absolute Gasteiger partial charge is 0.383 e. The van der Waals surface area contributed by atoms with E-state index in [1.807, 2.05) is 12.1 Å². The van der Waals surface area contributed by atoms with Gasteiger partial charge >= 0.3 is 0 Å². The van der Waals surface area contributed by atoms with E-state index < -0.39 is 5.91 Å². The lowest BCUT2D eigenvalue weighted by Gasteiger charge is -2.22. The SMILES string of the molecule is C=CC(=O)N1C[C@@H](n2nc(C#Cc3cc4nc5n(c4cc3Cl)[C@@H](CC)CC5)c(C(N)=O)c2NC)C[C@@H]1COC. The average molecular weight is 550 g/mol. The summed E-state index contributed by atoms with van der Waals surface area (Å²) in [4.78, 5) is 31.5. The van der Waals surface area contributed by atoms with Gasteiger partial charge in [-0.15, -0.1) is 0 Å². The lowest BCUT2D eigenvalue weighted by Crippen LogP contribution is -2.37. The minimum atomic E-state index is -0.655. The van der Waals surface area contributed by atoms with Crippen LogP contribution in [0.1, 0.15) is 65.7 Å². The molecule has 204 valence electrons. The van der Waals surface area contributed by atoms with E-state index >= 15 is 0 Å². The van der Waals surface area contributed by atoms with Crippen molar-refractivity contribution in [3.05, 3.63) is 52.5 Å². The third kappa shape index (κ3) is 4.66. The lowest BCUT2D eigenvalue weighted by atomic mass is 10.1. The van der Waals surface area contributed by atoms with E-state index in [4.69, 9.17) is 27.1 Å². The van der Waals surface area contributed by atoms with Crippen LogP contribution >= 0.6 is 11.6 Å². The zero-order valence-electron chi connectivity index (χ0n) is 22.3. The van der Waals surface area contributed by atoms with Crippen LogP contribution in [0.5, 0.6) is 0 Å². The first-order chi connectivity index (χ1) is 18.8. The number of primary amides is 1. The fraction of sp³-hybridized carbons (Fsp3) is 0.429. The Labute approximate surface area is 232 Å². The van der Waals surface area contributed by atoms with E-state index in [1.54, 1.807) is 23.7 Å². The van der Waals surface area contributed by atoms with Crippen molar-refractivity contribution in [2.45, 2.75) is 50.7 Å². The second-order valence-corrected chi connectivity index (χ2v) is 10.3. The summed E-state index contributed by atoms with van der Waals surface area (Å²) >= 11 is 6.66. The molecule has 39 heavy (non-hydrogen) atoms. The third-order valence-corrected chi connectivity index (χ3v) is 7.97. The van der Waals surface area contributed by atoms with Gasteiger partial charge in [0.25, 0.3) is 5.91 Å². The predicted octanol–water partition coefficient (Wildman–Crippen LogP) is 3.30. The molecule has 2 amide bonds. The molecule has 0 bridgehead atoms. The van der Waals surface area contributed by atoms with Crippen molar-refractivity contribution in [2.24, 2.45) is 5.73 Å². The summed E-state index contributed by atoms with van der Waals surface area (Å²) in [6.07, 6.45) is 4.95. The van der Waals surface area contributed by atoms with Crippen LogP contribution in [-0.4, -0.2) is 69.4 Å². The van der Waals surface area contributed by atoms with Gasteiger partial charge in [0.2, 0.25) is 5.91 Å². The first-order valence-corrected chi connectivity index (χ1v) is 13.4. The Balaban J connectivity index is 1.53. The second kappa shape index (κ2) is 10.8. The van der Waals surface area contributed by atoms with Gasteiger partial charge in [-0.2, -0.15) is 5.10 Å². The molecule has 0 radical (unpaired) electrons. The number of aromatic nitrogens is 4. The molecule has 2 aliphatic rings. The molecule has 2 aliphatic heterocycles. The minimum absolute atomic E-state index is 0.152. The summed E-state index contributed by atoms with van der Waals surface area (Å²) < 4.78 is 9.31. The van der Waals surface area contributed by atoms with Crippen LogP contribution in [0.15, 0.2) is 24.8 Å². The molecule has 1 saturated heterocycles. The van der Waals surface area contributed by atoms with Gasteiger partial charge < -0.3 is 25.3 Å². The molecule has 2 aromatic heterocycles. The van der Waals surface area contributed by atoms with Gasteiger partial charge in [-0.25, -0.2) is 9.67 Å². The molecule has 10 nitrogen and oxygen atoms in total. The Morgan fingerprint density at radius 1 is 1.33 bits per heavy atom. The number of amides is 2. The smallest absolute Gasteiger partial charge is 0.255 e. The number of fused-ring (bicyclic) bond motifs is 3. The summed E-state index contributed by atoms with van der Waals surface area (Å²) in [7, 11) is 3.29. The molecule has 3 aromatic rings. The third-order valence-electron chi connectivity index (χ3n) is 7.65. The van der Waals surface area contributed by atoms with E-state index in [2.05, 4.69) is 40.3 Å². The van der Waals surface area contributed by atoms with Gasteiger partial charge in [0, 0.05) is 38.7 Å². The van der Waals surface area contributed by atoms with Gasteiger partial charge in [-0.3, -0.25) is 9.59 Å². The number of likely N-dealkylation sites (tertiary alicyclic amines) is 1. The molecule has 4 heterocycles. The number of hydrogen-bond donors (Lipinski definition) is 2. The zero-order chi connectivity index (χ0) is 27.8. The van der Waals surface area contributed by atoms with Crippen LogP contribution in [-0.2, 0) is 16.0 Å². The summed E-state index contributed by atoms with van der Waals surface area (Å²) in [6.45, 7) is 6.55. The van der Waals surface area contributed by atoms with E-state index in [1.165, 1.54) is 6.08 Å². The molecule has 1 aromatic carbocycles. The maximum Gasteiger partial charge on any atom is 0.255 e. The van der Waals surface area contributed by atoms with Gasteiger partial charge in [-0.05, 0) is 43.4 Å². The maximum atomic E-state index is 12.5. The number of imidazole rings is 1. The Bertz CT molecular complexity index is 1530. The van der Waals surface area contributed by atoms with Crippen LogP contribution in [0.4, 0.5) is 5.82 Å². The van der Waals surface area contributed by atoms with Crippen molar-refractivity contribution >= 4 is 40.3 Å². The number of hydrogen-bond acceptors (Lipinski definition) is 6. The van der Waals surface area contributed by atoms with Crippen molar-refractivity contribution in [1.82, 2.24) is 24.2 Å². The number of carbonyl (C=O) groups excluding carboxylic acids is 2. The van der Waals surface area contributed by atoms with E-state index in [9.17, 15) is 9.59 Å². The van der Waals surface area contributed by atoms with Crippen LogP contribution < -0.4 is 11.1 Å². The second-order valence-electron chi connectivity index (χ2n) is 9.89.